The Labute approximate surface area is 123 Å². The number of ether oxygens (including phenoxy) is 2. The van der Waals surface area contributed by atoms with Crippen molar-refractivity contribution in [1.29, 1.82) is 0 Å². The van der Waals surface area contributed by atoms with Crippen LogP contribution in [0.4, 0.5) is 5.69 Å². The largest absolute Gasteiger partial charge is 0.495 e. The van der Waals surface area contributed by atoms with Crippen LogP contribution in [0.5, 0.6) is 11.5 Å². The van der Waals surface area contributed by atoms with Crippen molar-refractivity contribution >= 4 is 23.2 Å². The highest BCUT2D eigenvalue weighted by atomic mass is 35.5. The van der Waals surface area contributed by atoms with Crippen molar-refractivity contribution in [2.24, 2.45) is 5.92 Å². The van der Waals surface area contributed by atoms with Gasteiger partial charge in [0.15, 0.2) is 0 Å². The number of carbonyl (C=O) groups is 1. The maximum atomic E-state index is 12.2. The second kappa shape index (κ2) is 6.81. The van der Waals surface area contributed by atoms with Crippen LogP contribution >= 0.6 is 11.6 Å². The van der Waals surface area contributed by atoms with Gasteiger partial charge < -0.3 is 20.1 Å². The molecular formula is C14H19ClN2O3. The third kappa shape index (κ3) is 3.35. The second-order valence-electron chi connectivity index (χ2n) is 4.72. The summed E-state index contributed by atoms with van der Waals surface area (Å²) in [4.78, 5) is 12.2. The van der Waals surface area contributed by atoms with E-state index in [9.17, 15) is 4.79 Å². The molecular weight excluding hydrogens is 280 g/mol. The Kier molecular flexibility index (Phi) is 5.09. The molecule has 0 bridgehead atoms. The lowest BCUT2D eigenvalue weighted by molar-refractivity contribution is -0.120. The van der Waals surface area contributed by atoms with E-state index in [2.05, 4.69) is 10.6 Å². The first-order valence-corrected chi connectivity index (χ1v) is 6.96. The summed E-state index contributed by atoms with van der Waals surface area (Å²) < 4.78 is 10.4. The first-order valence-electron chi connectivity index (χ1n) is 6.58. The minimum atomic E-state index is -0.0191. The molecule has 1 aromatic carbocycles. The van der Waals surface area contributed by atoms with Crippen LogP contribution in [0.15, 0.2) is 12.1 Å². The summed E-state index contributed by atoms with van der Waals surface area (Å²) in [5, 5.41) is 6.54. The molecule has 20 heavy (non-hydrogen) atoms. The van der Waals surface area contributed by atoms with Crippen molar-refractivity contribution in [1.82, 2.24) is 5.32 Å². The number of hydrogen-bond donors (Lipinski definition) is 2. The highest BCUT2D eigenvalue weighted by Crippen LogP contribution is 2.36. The molecule has 5 nitrogen and oxygen atoms in total. The Hall–Kier alpha value is -1.46. The summed E-state index contributed by atoms with van der Waals surface area (Å²) in [5.41, 5.74) is 0.564. The molecule has 1 saturated heterocycles. The van der Waals surface area contributed by atoms with Crippen molar-refractivity contribution in [2.75, 3.05) is 32.6 Å². The van der Waals surface area contributed by atoms with Crippen LogP contribution in [0.3, 0.4) is 0 Å². The molecule has 1 heterocycles. The molecule has 1 atom stereocenters. The first kappa shape index (κ1) is 14.9. The van der Waals surface area contributed by atoms with Crippen molar-refractivity contribution in [3.05, 3.63) is 17.2 Å². The number of hydrogen-bond acceptors (Lipinski definition) is 4. The number of carbonyl (C=O) groups excluding carboxylic acids is 1. The van der Waals surface area contributed by atoms with Crippen molar-refractivity contribution < 1.29 is 14.3 Å². The molecule has 0 saturated carbocycles. The van der Waals surface area contributed by atoms with E-state index in [0.717, 1.165) is 19.4 Å². The van der Waals surface area contributed by atoms with Crippen LogP contribution in [-0.4, -0.2) is 33.2 Å². The number of amides is 1. The summed E-state index contributed by atoms with van der Waals surface area (Å²) in [5.74, 6) is 1.01. The first-order chi connectivity index (χ1) is 9.65. The topological polar surface area (TPSA) is 59.6 Å². The summed E-state index contributed by atoms with van der Waals surface area (Å²) >= 11 is 6.08. The number of rotatable bonds is 4. The van der Waals surface area contributed by atoms with Gasteiger partial charge in [-0.2, -0.15) is 0 Å². The van der Waals surface area contributed by atoms with E-state index < -0.39 is 0 Å². The molecule has 1 aliphatic heterocycles. The van der Waals surface area contributed by atoms with E-state index in [0.29, 0.717) is 28.8 Å². The predicted octanol–water partition coefficient (Wildman–Crippen LogP) is 2.30. The lowest BCUT2D eigenvalue weighted by atomic mass is 9.99. The predicted molar refractivity (Wildman–Crippen MR) is 78.8 cm³/mol. The normalized spacial score (nSPS) is 18.4. The van der Waals surface area contributed by atoms with E-state index in [1.807, 2.05) is 0 Å². The monoisotopic (exact) mass is 298 g/mol. The highest BCUT2D eigenvalue weighted by molar-refractivity contribution is 6.32. The molecule has 1 aliphatic rings. The zero-order valence-corrected chi connectivity index (χ0v) is 12.4. The summed E-state index contributed by atoms with van der Waals surface area (Å²) in [6, 6.07) is 3.31. The number of anilines is 1. The molecule has 2 rings (SSSR count). The Morgan fingerprint density at radius 1 is 1.35 bits per heavy atom. The molecule has 6 heteroatoms. The number of halogens is 1. The van der Waals surface area contributed by atoms with E-state index in [1.165, 1.54) is 7.11 Å². The van der Waals surface area contributed by atoms with Crippen molar-refractivity contribution in [2.45, 2.75) is 12.8 Å². The molecule has 110 valence electrons. The van der Waals surface area contributed by atoms with Gasteiger partial charge in [-0.1, -0.05) is 11.6 Å². The average molecular weight is 299 g/mol. The summed E-state index contributed by atoms with van der Waals surface area (Å²) in [6.07, 6.45) is 1.91. The van der Waals surface area contributed by atoms with Gasteiger partial charge in [0.05, 0.1) is 30.8 Å². The Morgan fingerprint density at radius 3 is 2.70 bits per heavy atom. The molecule has 0 aliphatic carbocycles. The molecule has 1 fully saturated rings. The van der Waals surface area contributed by atoms with Crippen molar-refractivity contribution in [3.63, 3.8) is 0 Å². The summed E-state index contributed by atoms with van der Waals surface area (Å²) in [6.45, 7) is 1.68. The Balaban J connectivity index is 2.15. The van der Waals surface area contributed by atoms with E-state index in [4.69, 9.17) is 21.1 Å². The number of methoxy groups -OCH3 is 2. The van der Waals surface area contributed by atoms with Crippen LogP contribution in [0.25, 0.3) is 0 Å². The SMILES string of the molecule is COc1cc(OC)c(NC(=O)C2CCCNC2)cc1Cl. The van der Waals surface area contributed by atoms with Gasteiger partial charge in [-0.3, -0.25) is 4.79 Å². The van der Waals surface area contributed by atoms with Gasteiger partial charge in [-0.25, -0.2) is 0 Å². The molecule has 1 aromatic rings. The third-order valence-electron chi connectivity index (χ3n) is 3.40. The lowest BCUT2D eigenvalue weighted by Crippen LogP contribution is -2.37. The third-order valence-corrected chi connectivity index (χ3v) is 3.69. The maximum absolute atomic E-state index is 12.2. The van der Waals surface area contributed by atoms with Gasteiger partial charge in [0.1, 0.15) is 11.5 Å². The quantitative estimate of drug-likeness (QED) is 0.895. The van der Waals surface area contributed by atoms with Crippen LogP contribution in [-0.2, 0) is 4.79 Å². The fourth-order valence-electron chi connectivity index (χ4n) is 2.27. The zero-order chi connectivity index (χ0) is 14.5. The van der Waals surface area contributed by atoms with Gasteiger partial charge in [0.2, 0.25) is 5.91 Å². The second-order valence-corrected chi connectivity index (χ2v) is 5.13. The molecule has 0 spiro atoms. The lowest BCUT2D eigenvalue weighted by Gasteiger charge is -2.22. The van der Waals surface area contributed by atoms with Crippen LogP contribution < -0.4 is 20.1 Å². The van der Waals surface area contributed by atoms with Crippen LogP contribution in [0.1, 0.15) is 12.8 Å². The van der Waals surface area contributed by atoms with Gasteiger partial charge in [0.25, 0.3) is 0 Å². The van der Waals surface area contributed by atoms with Crippen LogP contribution in [0, 0.1) is 5.92 Å². The Bertz CT molecular complexity index is 488. The number of nitrogens with one attached hydrogen (secondary N) is 2. The summed E-state index contributed by atoms with van der Waals surface area (Å²) in [7, 11) is 3.08. The zero-order valence-electron chi connectivity index (χ0n) is 11.7. The number of piperidine rings is 1. The fourth-order valence-corrected chi connectivity index (χ4v) is 2.51. The minimum absolute atomic E-state index is 0.0169. The maximum Gasteiger partial charge on any atom is 0.228 e. The smallest absolute Gasteiger partial charge is 0.228 e. The molecule has 2 N–H and O–H groups in total. The molecule has 1 amide bonds. The Morgan fingerprint density at radius 2 is 2.10 bits per heavy atom. The van der Waals surface area contributed by atoms with Gasteiger partial charge in [-0.15, -0.1) is 0 Å². The standard InChI is InChI=1S/C14H19ClN2O3/c1-19-12-7-13(20-2)11(6-10(12)15)17-14(18)9-4-3-5-16-8-9/h6-7,9,16H,3-5,8H2,1-2H3,(H,17,18). The van der Waals surface area contributed by atoms with E-state index in [-0.39, 0.29) is 11.8 Å². The molecule has 0 aromatic heterocycles. The van der Waals surface area contributed by atoms with E-state index >= 15 is 0 Å². The van der Waals surface area contributed by atoms with Gasteiger partial charge in [0, 0.05) is 12.6 Å². The number of benzene rings is 1. The van der Waals surface area contributed by atoms with Crippen LogP contribution in [0.2, 0.25) is 5.02 Å². The highest BCUT2D eigenvalue weighted by Gasteiger charge is 2.22. The van der Waals surface area contributed by atoms with Gasteiger partial charge >= 0.3 is 0 Å². The molecule has 1 unspecified atom stereocenters. The van der Waals surface area contributed by atoms with E-state index in [1.54, 1.807) is 19.2 Å². The fraction of sp³-hybridized carbons (Fsp3) is 0.500. The average Bonchev–Trinajstić information content (AvgIpc) is 2.48. The molecule has 0 radical (unpaired) electrons. The van der Waals surface area contributed by atoms with Gasteiger partial charge in [-0.05, 0) is 25.5 Å². The minimum Gasteiger partial charge on any atom is -0.495 e. The van der Waals surface area contributed by atoms with Crippen molar-refractivity contribution in [3.8, 4) is 11.5 Å².